The van der Waals surface area contributed by atoms with Crippen molar-refractivity contribution in [3.8, 4) is 0 Å². The van der Waals surface area contributed by atoms with E-state index in [-0.39, 0.29) is 0 Å². The van der Waals surface area contributed by atoms with E-state index >= 15 is 0 Å². The lowest BCUT2D eigenvalue weighted by Crippen LogP contribution is -2.59. The molecule has 1 fully saturated rings. The standard InChI is InChI=1S/C18H22N10/c1-11(2)14-7-17(28-18(21-14)19-10-20-28)25(4)13-8-26(9-13)16-6-5-15-23-22-12(3)27(15)24-16/h5-7,10-11,13H,8-9H2,1-4H3. The van der Waals surface area contributed by atoms with Crippen molar-refractivity contribution in [3.05, 3.63) is 36.0 Å². The smallest absolute Gasteiger partial charge is 0.254 e. The number of rotatable bonds is 4. The van der Waals surface area contributed by atoms with Gasteiger partial charge in [-0.2, -0.15) is 19.1 Å². The minimum Gasteiger partial charge on any atom is -0.353 e. The van der Waals surface area contributed by atoms with Crippen molar-refractivity contribution < 1.29 is 0 Å². The molecular weight excluding hydrogens is 356 g/mol. The fourth-order valence-electron chi connectivity index (χ4n) is 3.49. The molecule has 1 aliphatic rings. The highest BCUT2D eigenvalue weighted by molar-refractivity contribution is 5.53. The Kier molecular flexibility index (Phi) is 3.68. The molecule has 10 heteroatoms. The summed E-state index contributed by atoms with van der Waals surface area (Å²) in [6.07, 6.45) is 1.55. The number of likely N-dealkylation sites (N-methyl/N-ethyl adjacent to an activating group) is 1. The number of aromatic nitrogens is 8. The molecule has 0 aliphatic carbocycles. The van der Waals surface area contributed by atoms with Crippen LogP contribution in [0.25, 0.3) is 11.4 Å². The van der Waals surface area contributed by atoms with Crippen LogP contribution in [0.15, 0.2) is 24.5 Å². The predicted octanol–water partition coefficient (Wildman–Crippen LogP) is 1.32. The molecule has 0 N–H and O–H groups in total. The zero-order chi connectivity index (χ0) is 19.4. The molecule has 0 spiro atoms. The van der Waals surface area contributed by atoms with Crippen molar-refractivity contribution in [1.29, 1.82) is 0 Å². The van der Waals surface area contributed by atoms with E-state index in [9.17, 15) is 0 Å². The van der Waals surface area contributed by atoms with Gasteiger partial charge in [0.25, 0.3) is 5.78 Å². The minimum atomic E-state index is 0.328. The quantitative estimate of drug-likeness (QED) is 0.525. The van der Waals surface area contributed by atoms with E-state index in [0.29, 0.717) is 17.7 Å². The molecule has 0 atom stereocenters. The fraction of sp³-hybridized carbons (Fsp3) is 0.444. The Labute approximate surface area is 161 Å². The van der Waals surface area contributed by atoms with E-state index in [4.69, 9.17) is 0 Å². The molecule has 4 aromatic rings. The molecule has 0 saturated carbocycles. The third-order valence-electron chi connectivity index (χ3n) is 5.34. The Hall–Kier alpha value is -3.30. The van der Waals surface area contributed by atoms with Gasteiger partial charge in [-0.1, -0.05) is 13.8 Å². The summed E-state index contributed by atoms with van der Waals surface area (Å²) in [5.41, 5.74) is 1.79. The molecule has 0 bridgehead atoms. The average Bonchev–Trinajstić information content (AvgIpc) is 3.26. The first kappa shape index (κ1) is 16.8. The van der Waals surface area contributed by atoms with Gasteiger partial charge in [0, 0.05) is 26.2 Å². The van der Waals surface area contributed by atoms with Crippen LogP contribution in [0.4, 0.5) is 11.6 Å². The van der Waals surface area contributed by atoms with Crippen molar-refractivity contribution >= 4 is 23.1 Å². The van der Waals surface area contributed by atoms with Crippen LogP contribution in [0, 0.1) is 6.92 Å². The molecule has 0 radical (unpaired) electrons. The second kappa shape index (κ2) is 6.11. The maximum Gasteiger partial charge on any atom is 0.254 e. The predicted molar refractivity (Wildman–Crippen MR) is 105 cm³/mol. The Bertz CT molecular complexity index is 1150. The minimum absolute atomic E-state index is 0.328. The molecule has 5 rings (SSSR count). The van der Waals surface area contributed by atoms with E-state index in [2.05, 4.69) is 67.1 Å². The van der Waals surface area contributed by atoms with Crippen molar-refractivity contribution in [3.63, 3.8) is 0 Å². The van der Waals surface area contributed by atoms with Crippen LogP contribution in [0.1, 0.15) is 31.3 Å². The first-order valence-electron chi connectivity index (χ1n) is 9.39. The molecule has 0 aromatic carbocycles. The second-order valence-electron chi connectivity index (χ2n) is 7.54. The molecule has 0 unspecified atom stereocenters. The summed E-state index contributed by atoms with van der Waals surface area (Å²) in [5.74, 6) is 3.70. The molecule has 28 heavy (non-hydrogen) atoms. The fourth-order valence-corrected chi connectivity index (χ4v) is 3.49. The van der Waals surface area contributed by atoms with Gasteiger partial charge in [-0.15, -0.1) is 15.3 Å². The number of anilines is 2. The molecule has 1 saturated heterocycles. The number of nitrogens with zero attached hydrogens (tertiary/aromatic N) is 10. The Morgan fingerprint density at radius 2 is 1.96 bits per heavy atom. The van der Waals surface area contributed by atoms with Crippen molar-refractivity contribution in [2.24, 2.45) is 0 Å². The van der Waals surface area contributed by atoms with E-state index in [1.165, 1.54) is 0 Å². The van der Waals surface area contributed by atoms with Gasteiger partial charge in [-0.05, 0) is 25.0 Å². The Morgan fingerprint density at radius 3 is 2.75 bits per heavy atom. The molecule has 10 nitrogen and oxygen atoms in total. The summed E-state index contributed by atoms with van der Waals surface area (Å²) in [6.45, 7) is 7.94. The van der Waals surface area contributed by atoms with Crippen molar-refractivity contribution in [2.45, 2.75) is 32.7 Å². The number of aryl methyl sites for hydroxylation is 1. The van der Waals surface area contributed by atoms with Crippen LogP contribution in [0.2, 0.25) is 0 Å². The van der Waals surface area contributed by atoms with Gasteiger partial charge >= 0.3 is 0 Å². The Morgan fingerprint density at radius 1 is 1.14 bits per heavy atom. The SMILES string of the molecule is Cc1nnc2ccc(N3CC(N(C)c4cc(C(C)C)nc5ncnn45)C3)nn12. The monoisotopic (exact) mass is 378 g/mol. The van der Waals surface area contributed by atoms with Gasteiger partial charge in [-0.25, -0.2) is 4.98 Å². The first-order chi connectivity index (χ1) is 13.5. The normalized spacial score (nSPS) is 15.0. The topological polar surface area (TPSA) is 92.6 Å². The number of hydrogen-bond donors (Lipinski definition) is 0. The van der Waals surface area contributed by atoms with Gasteiger partial charge < -0.3 is 9.80 Å². The van der Waals surface area contributed by atoms with Gasteiger partial charge in [0.15, 0.2) is 11.5 Å². The molecular formula is C18H22N10. The lowest BCUT2D eigenvalue weighted by Gasteiger charge is -2.45. The third-order valence-corrected chi connectivity index (χ3v) is 5.34. The summed E-state index contributed by atoms with van der Waals surface area (Å²) in [6, 6.07) is 6.42. The number of hydrogen-bond acceptors (Lipinski definition) is 8. The largest absolute Gasteiger partial charge is 0.353 e. The maximum absolute atomic E-state index is 4.66. The lowest BCUT2D eigenvalue weighted by molar-refractivity contribution is 0.484. The van der Waals surface area contributed by atoms with Crippen LogP contribution in [-0.2, 0) is 0 Å². The van der Waals surface area contributed by atoms with Crippen LogP contribution < -0.4 is 9.80 Å². The van der Waals surface area contributed by atoms with Crippen LogP contribution in [0.3, 0.4) is 0 Å². The van der Waals surface area contributed by atoms with Crippen LogP contribution in [0.5, 0.6) is 0 Å². The Balaban J connectivity index is 1.39. The second-order valence-corrected chi connectivity index (χ2v) is 7.54. The van der Waals surface area contributed by atoms with Gasteiger partial charge in [0.1, 0.15) is 18.0 Å². The molecule has 0 amide bonds. The van der Waals surface area contributed by atoms with E-state index in [1.54, 1.807) is 15.4 Å². The summed E-state index contributed by atoms with van der Waals surface area (Å²) in [7, 11) is 2.10. The summed E-state index contributed by atoms with van der Waals surface area (Å²) >= 11 is 0. The van der Waals surface area contributed by atoms with Gasteiger partial charge in [0.05, 0.1) is 11.7 Å². The first-order valence-corrected chi connectivity index (χ1v) is 9.39. The van der Waals surface area contributed by atoms with Gasteiger partial charge in [-0.3, -0.25) is 0 Å². The van der Waals surface area contributed by atoms with E-state index in [1.807, 2.05) is 19.1 Å². The van der Waals surface area contributed by atoms with Gasteiger partial charge in [0.2, 0.25) is 0 Å². The third kappa shape index (κ3) is 2.55. The zero-order valence-corrected chi connectivity index (χ0v) is 16.4. The van der Waals surface area contributed by atoms with Crippen molar-refractivity contribution in [1.82, 2.24) is 39.4 Å². The average molecular weight is 378 g/mol. The van der Waals surface area contributed by atoms with Crippen LogP contribution >= 0.6 is 0 Å². The molecule has 5 heterocycles. The lowest BCUT2D eigenvalue weighted by atomic mass is 10.1. The van der Waals surface area contributed by atoms with Crippen molar-refractivity contribution in [2.75, 3.05) is 29.9 Å². The summed E-state index contributed by atoms with van der Waals surface area (Å²) < 4.78 is 3.59. The highest BCUT2D eigenvalue weighted by atomic mass is 15.4. The molecule has 1 aliphatic heterocycles. The maximum atomic E-state index is 4.66. The van der Waals surface area contributed by atoms with Crippen LogP contribution in [-0.4, -0.2) is 65.6 Å². The van der Waals surface area contributed by atoms with E-state index < -0.39 is 0 Å². The highest BCUT2D eigenvalue weighted by Crippen LogP contribution is 2.27. The number of fused-ring (bicyclic) bond motifs is 2. The van der Waals surface area contributed by atoms with E-state index in [0.717, 1.165) is 41.9 Å². The zero-order valence-electron chi connectivity index (χ0n) is 16.4. The summed E-state index contributed by atoms with van der Waals surface area (Å²) in [5, 5.41) is 17.2. The molecule has 144 valence electrons. The highest BCUT2D eigenvalue weighted by Gasteiger charge is 2.33. The summed E-state index contributed by atoms with van der Waals surface area (Å²) in [4.78, 5) is 13.4. The molecule has 4 aromatic heterocycles.